The van der Waals surface area contributed by atoms with E-state index in [0.29, 0.717) is 0 Å². The third-order valence-corrected chi connectivity index (χ3v) is 4.42. The number of pyridine rings is 1. The summed E-state index contributed by atoms with van der Waals surface area (Å²) in [5.41, 5.74) is 4.36. The van der Waals surface area contributed by atoms with Gasteiger partial charge in [-0.15, -0.1) is 0 Å². The minimum atomic E-state index is -0.0966. The molecule has 4 rings (SSSR count). The van der Waals surface area contributed by atoms with Crippen molar-refractivity contribution in [1.29, 1.82) is 0 Å². The van der Waals surface area contributed by atoms with Gasteiger partial charge in [0.25, 0.3) is 0 Å². The lowest BCUT2D eigenvalue weighted by Gasteiger charge is -2.13. The Balaban J connectivity index is 1.70. The van der Waals surface area contributed by atoms with Gasteiger partial charge >= 0.3 is 0 Å². The van der Waals surface area contributed by atoms with Gasteiger partial charge in [0.15, 0.2) is 0 Å². The molecule has 0 aliphatic carbocycles. The maximum Gasteiger partial charge on any atom is 0.221 e. The molecule has 0 radical (unpaired) electrons. The van der Waals surface area contributed by atoms with Gasteiger partial charge in [-0.1, -0.05) is 24.3 Å². The van der Waals surface area contributed by atoms with Crippen LogP contribution in [0.4, 0.5) is 17.1 Å². The minimum absolute atomic E-state index is 0.0966. The van der Waals surface area contributed by atoms with Crippen LogP contribution >= 0.6 is 0 Å². The summed E-state index contributed by atoms with van der Waals surface area (Å²) in [6.07, 6.45) is 1.81. The van der Waals surface area contributed by atoms with E-state index in [2.05, 4.69) is 21.7 Å². The molecule has 138 valence electrons. The summed E-state index contributed by atoms with van der Waals surface area (Å²) in [6.45, 7) is 1.49. The zero-order valence-corrected chi connectivity index (χ0v) is 15.3. The van der Waals surface area contributed by atoms with E-state index in [1.54, 1.807) is 12.1 Å². The molecular formula is C23H19N3O2. The van der Waals surface area contributed by atoms with Crippen LogP contribution in [0.5, 0.6) is 5.75 Å². The van der Waals surface area contributed by atoms with Crippen molar-refractivity contribution in [3.05, 3.63) is 79.0 Å². The average molecular weight is 369 g/mol. The molecule has 3 aromatic carbocycles. The molecule has 1 amide bonds. The van der Waals surface area contributed by atoms with Gasteiger partial charge in [-0.3, -0.25) is 9.78 Å². The van der Waals surface area contributed by atoms with Gasteiger partial charge < -0.3 is 15.7 Å². The number of hydrogen-bond acceptors (Lipinski definition) is 4. The second-order valence-corrected chi connectivity index (χ2v) is 6.50. The number of phenols is 1. The Morgan fingerprint density at radius 1 is 0.857 bits per heavy atom. The van der Waals surface area contributed by atoms with Crippen molar-refractivity contribution >= 4 is 33.7 Å². The third-order valence-electron chi connectivity index (χ3n) is 4.42. The SMILES string of the molecule is CC(=O)Nc1ccc(Nc2cnc(-c3ccc(O)cc3)c3ccccc23)cc1. The van der Waals surface area contributed by atoms with Crippen LogP contribution in [0.2, 0.25) is 0 Å². The fourth-order valence-corrected chi connectivity index (χ4v) is 3.14. The second kappa shape index (κ2) is 7.40. The molecule has 0 aliphatic heterocycles. The molecule has 0 saturated carbocycles. The third kappa shape index (κ3) is 3.64. The van der Waals surface area contributed by atoms with Crippen LogP contribution in [0.15, 0.2) is 79.0 Å². The Kier molecular flexibility index (Phi) is 4.64. The molecule has 28 heavy (non-hydrogen) atoms. The van der Waals surface area contributed by atoms with E-state index in [-0.39, 0.29) is 11.7 Å². The summed E-state index contributed by atoms with van der Waals surface area (Å²) in [5.74, 6) is 0.134. The summed E-state index contributed by atoms with van der Waals surface area (Å²) >= 11 is 0. The molecular weight excluding hydrogens is 350 g/mol. The van der Waals surface area contributed by atoms with Gasteiger partial charge in [0.05, 0.1) is 17.6 Å². The van der Waals surface area contributed by atoms with Gasteiger partial charge in [0.2, 0.25) is 5.91 Å². The highest BCUT2D eigenvalue weighted by atomic mass is 16.3. The molecule has 4 aromatic rings. The van der Waals surface area contributed by atoms with E-state index in [4.69, 9.17) is 0 Å². The van der Waals surface area contributed by atoms with Crippen LogP contribution < -0.4 is 10.6 Å². The van der Waals surface area contributed by atoms with Crippen LogP contribution in [0.1, 0.15) is 6.92 Å². The van der Waals surface area contributed by atoms with Gasteiger partial charge in [0.1, 0.15) is 5.75 Å². The molecule has 1 aromatic heterocycles. The Labute approximate surface area is 162 Å². The summed E-state index contributed by atoms with van der Waals surface area (Å²) in [4.78, 5) is 15.8. The highest BCUT2D eigenvalue weighted by molar-refractivity contribution is 6.02. The van der Waals surface area contributed by atoms with E-state index >= 15 is 0 Å². The number of aromatic hydroxyl groups is 1. The van der Waals surface area contributed by atoms with E-state index < -0.39 is 0 Å². The highest BCUT2D eigenvalue weighted by Gasteiger charge is 2.09. The topological polar surface area (TPSA) is 74.2 Å². The normalized spacial score (nSPS) is 10.6. The monoisotopic (exact) mass is 369 g/mol. The lowest BCUT2D eigenvalue weighted by atomic mass is 10.0. The number of nitrogens with zero attached hydrogens (tertiary/aromatic N) is 1. The molecule has 0 spiro atoms. The average Bonchev–Trinajstić information content (AvgIpc) is 2.70. The molecule has 5 nitrogen and oxygen atoms in total. The number of anilines is 3. The summed E-state index contributed by atoms with van der Waals surface area (Å²) in [7, 11) is 0. The predicted octanol–water partition coefficient (Wildman–Crippen LogP) is 5.31. The van der Waals surface area contributed by atoms with E-state index in [1.165, 1.54) is 6.92 Å². The van der Waals surface area contributed by atoms with E-state index in [9.17, 15) is 9.90 Å². The molecule has 3 N–H and O–H groups in total. The maximum atomic E-state index is 11.2. The van der Waals surface area contributed by atoms with Crippen molar-refractivity contribution in [2.24, 2.45) is 0 Å². The zero-order valence-electron chi connectivity index (χ0n) is 15.3. The number of benzene rings is 3. The van der Waals surface area contributed by atoms with Crippen molar-refractivity contribution in [1.82, 2.24) is 4.98 Å². The number of nitrogens with one attached hydrogen (secondary N) is 2. The molecule has 5 heteroatoms. The molecule has 0 unspecified atom stereocenters. The Bertz CT molecular complexity index is 1140. The number of amides is 1. The number of carbonyl (C=O) groups excluding carboxylic acids is 1. The van der Waals surface area contributed by atoms with Crippen LogP contribution in [0.3, 0.4) is 0 Å². The van der Waals surface area contributed by atoms with Gasteiger partial charge in [-0.25, -0.2) is 0 Å². The maximum absolute atomic E-state index is 11.2. The lowest BCUT2D eigenvalue weighted by molar-refractivity contribution is -0.114. The standard InChI is InChI=1S/C23H19N3O2/c1-15(27)25-17-8-10-18(11-9-17)26-22-14-24-23(16-6-12-19(28)13-7-16)21-5-3-2-4-20(21)22/h2-14,26,28H,1H3,(H,25,27). The predicted molar refractivity (Wildman–Crippen MR) is 113 cm³/mol. The second-order valence-electron chi connectivity index (χ2n) is 6.50. The molecule has 0 fully saturated rings. The number of aromatic nitrogens is 1. The molecule has 0 atom stereocenters. The molecule has 0 aliphatic rings. The Morgan fingerprint density at radius 3 is 2.18 bits per heavy atom. The zero-order chi connectivity index (χ0) is 19.5. The quantitative estimate of drug-likeness (QED) is 0.456. The Morgan fingerprint density at radius 2 is 1.50 bits per heavy atom. The fraction of sp³-hybridized carbons (Fsp3) is 0.0435. The first-order chi connectivity index (χ1) is 13.6. The molecule has 0 saturated heterocycles. The van der Waals surface area contributed by atoms with Crippen LogP contribution in [-0.4, -0.2) is 16.0 Å². The van der Waals surface area contributed by atoms with Crippen LogP contribution in [0, 0.1) is 0 Å². The number of carbonyl (C=O) groups is 1. The molecule has 0 bridgehead atoms. The number of hydrogen-bond donors (Lipinski definition) is 3. The van der Waals surface area contributed by atoms with Gasteiger partial charge in [-0.2, -0.15) is 0 Å². The largest absolute Gasteiger partial charge is 0.508 e. The molecule has 1 heterocycles. The summed E-state index contributed by atoms with van der Waals surface area (Å²) in [5, 5.41) is 17.8. The van der Waals surface area contributed by atoms with Crippen LogP contribution in [-0.2, 0) is 4.79 Å². The van der Waals surface area contributed by atoms with Crippen molar-refractivity contribution < 1.29 is 9.90 Å². The van der Waals surface area contributed by atoms with Gasteiger partial charge in [-0.05, 0) is 48.5 Å². The highest BCUT2D eigenvalue weighted by Crippen LogP contribution is 2.33. The van der Waals surface area contributed by atoms with Crippen LogP contribution in [0.25, 0.3) is 22.0 Å². The number of fused-ring (bicyclic) bond motifs is 1. The minimum Gasteiger partial charge on any atom is -0.508 e. The van der Waals surface area contributed by atoms with E-state index in [0.717, 1.165) is 39.1 Å². The van der Waals surface area contributed by atoms with Crippen molar-refractivity contribution in [3.8, 4) is 17.0 Å². The number of phenolic OH excluding ortho intramolecular Hbond substituents is 1. The van der Waals surface area contributed by atoms with Crippen molar-refractivity contribution in [2.75, 3.05) is 10.6 Å². The Hall–Kier alpha value is -3.86. The van der Waals surface area contributed by atoms with Gasteiger partial charge in [0, 0.05) is 34.6 Å². The number of rotatable bonds is 4. The summed E-state index contributed by atoms with van der Waals surface area (Å²) < 4.78 is 0. The van der Waals surface area contributed by atoms with E-state index in [1.807, 2.05) is 60.8 Å². The smallest absolute Gasteiger partial charge is 0.221 e. The summed E-state index contributed by atoms with van der Waals surface area (Å²) in [6, 6.07) is 22.6. The first kappa shape index (κ1) is 17.5. The first-order valence-electron chi connectivity index (χ1n) is 8.92. The van der Waals surface area contributed by atoms with Crippen molar-refractivity contribution in [2.45, 2.75) is 6.92 Å². The lowest BCUT2D eigenvalue weighted by Crippen LogP contribution is -2.05. The fourth-order valence-electron chi connectivity index (χ4n) is 3.14. The van der Waals surface area contributed by atoms with Crippen molar-refractivity contribution in [3.63, 3.8) is 0 Å². The first-order valence-corrected chi connectivity index (χ1v) is 8.92.